The van der Waals surface area contributed by atoms with Gasteiger partial charge in [0.15, 0.2) is 0 Å². The first-order valence-corrected chi connectivity index (χ1v) is 7.37. The first-order valence-electron chi connectivity index (χ1n) is 7.37. The zero-order valence-electron chi connectivity index (χ0n) is 12.8. The summed E-state index contributed by atoms with van der Waals surface area (Å²) < 4.78 is 0. The molecule has 0 saturated heterocycles. The van der Waals surface area contributed by atoms with Crippen LogP contribution >= 0.6 is 0 Å². The van der Waals surface area contributed by atoms with Gasteiger partial charge in [-0.2, -0.15) is 0 Å². The predicted octanol–water partition coefficient (Wildman–Crippen LogP) is 3.79. The molecule has 1 fully saturated rings. The molecule has 1 rings (SSSR count). The fourth-order valence-electron chi connectivity index (χ4n) is 2.60. The third-order valence-electron chi connectivity index (χ3n) is 3.33. The maximum Gasteiger partial charge on any atom is 0.317 e. The van der Waals surface area contributed by atoms with Crippen LogP contribution in [0, 0.1) is 5.41 Å². The van der Waals surface area contributed by atoms with Gasteiger partial charge < -0.3 is 10.2 Å². The number of rotatable bonds is 3. The molecule has 1 saturated carbocycles. The van der Waals surface area contributed by atoms with Gasteiger partial charge in [0.05, 0.1) is 0 Å². The molecule has 3 nitrogen and oxygen atoms in total. The summed E-state index contributed by atoms with van der Waals surface area (Å²) in [6.07, 6.45) is 6.19. The van der Waals surface area contributed by atoms with Gasteiger partial charge in [0.25, 0.3) is 0 Å². The molecule has 0 aliphatic heterocycles. The van der Waals surface area contributed by atoms with Crippen LogP contribution in [0.25, 0.3) is 0 Å². The van der Waals surface area contributed by atoms with E-state index in [1.165, 1.54) is 32.1 Å². The molecule has 2 amide bonds. The Hall–Kier alpha value is -0.730. The summed E-state index contributed by atoms with van der Waals surface area (Å²) in [6, 6.07) is 0.770. The van der Waals surface area contributed by atoms with Gasteiger partial charge in [0.1, 0.15) is 0 Å². The van der Waals surface area contributed by atoms with Gasteiger partial charge >= 0.3 is 6.03 Å². The van der Waals surface area contributed by atoms with E-state index in [0.717, 1.165) is 6.54 Å². The minimum atomic E-state index is 0.117. The van der Waals surface area contributed by atoms with Gasteiger partial charge in [-0.15, -0.1) is 0 Å². The fourth-order valence-corrected chi connectivity index (χ4v) is 2.60. The molecule has 0 bridgehead atoms. The summed E-state index contributed by atoms with van der Waals surface area (Å²) in [5.41, 5.74) is 0.158. The van der Waals surface area contributed by atoms with Crippen molar-refractivity contribution in [2.45, 2.75) is 78.8 Å². The molecule has 1 N–H and O–H groups in total. The minimum Gasteiger partial charge on any atom is -0.336 e. The Morgan fingerprint density at radius 2 is 1.78 bits per heavy atom. The summed E-state index contributed by atoms with van der Waals surface area (Å²) in [4.78, 5) is 14.4. The predicted molar refractivity (Wildman–Crippen MR) is 76.7 cm³/mol. The van der Waals surface area contributed by atoms with E-state index in [4.69, 9.17) is 0 Å². The van der Waals surface area contributed by atoms with Crippen LogP contribution in [0.15, 0.2) is 0 Å². The Balaban J connectivity index is 2.70. The Labute approximate surface area is 112 Å². The molecule has 18 heavy (non-hydrogen) atoms. The number of nitrogens with zero attached hydrogens (tertiary/aromatic N) is 1. The van der Waals surface area contributed by atoms with Crippen molar-refractivity contribution in [2.75, 3.05) is 6.54 Å². The number of urea groups is 1. The molecule has 0 radical (unpaired) electrons. The fraction of sp³-hybridized carbons (Fsp3) is 0.933. The van der Waals surface area contributed by atoms with E-state index in [0.29, 0.717) is 6.04 Å². The zero-order chi connectivity index (χ0) is 13.8. The van der Waals surface area contributed by atoms with Crippen molar-refractivity contribution < 1.29 is 4.79 Å². The van der Waals surface area contributed by atoms with Crippen LogP contribution in [0.1, 0.15) is 66.7 Å². The molecule has 3 heteroatoms. The molecule has 0 spiro atoms. The second-order valence-corrected chi connectivity index (χ2v) is 7.08. The standard InChI is InChI=1S/C15H30N2O/c1-12(2)16-14(18)17(11-15(3,4)5)13-9-7-6-8-10-13/h12-13H,6-11H2,1-5H3,(H,16,18). The molecule has 1 aliphatic carbocycles. The van der Waals surface area contributed by atoms with E-state index in [-0.39, 0.29) is 17.5 Å². The lowest BCUT2D eigenvalue weighted by Crippen LogP contribution is -2.51. The first-order chi connectivity index (χ1) is 8.29. The molecule has 0 atom stereocenters. The van der Waals surface area contributed by atoms with Gasteiger partial charge in [0, 0.05) is 18.6 Å². The van der Waals surface area contributed by atoms with Crippen LogP contribution in [0.2, 0.25) is 0 Å². The van der Waals surface area contributed by atoms with Gasteiger partial charge in [-0.1, -0.05) is 40.0 Å². The Morgan fingerprint density at radius 1 is 1.22 bits per heavy atom. The lowest BCUT2D eigenvalue weighted by molar-refractivity contribution is 0.125. The van der Waals surface area contributed by atoms with E-state index in [1.54, 1.807) is 0 Å². The molecular formula is C15H30N2O. The SMILES string of the molecule is CC(C)NC(=O)N(CC(C)(C)C)C1CCCCC1. The van der Waals surface area contributed by atoms with Gasteiger partial charge in [-0.05, 0) is 32.1 Å². The van der Waals surface area contributed by atoms with E-state index in [2.05, 4.69) is 31.0 Å². The minimum absolute atomic E-state index is 0.117. The van der Waals surface area contributed by atoms with E-state index >= 15 is 0 Å². The van der Waals surface area contributed by atoms with Crippen molar-refractivity contribution in [2.24, 2.45) is 5.41 Å². The van der Waals surface area contributed by atoms with Crippen molar-refractivity contribution in [3.05, 3.63) is 0 Å². The number of amides is 2. The van der Waals surface area contributed by atoms with Crippen molar-refractivity contribution >= 4 is 6.03 Å². The van der Waals surface area contributed by atoms with Crippen molar-refractivity contribution in [3.8, 4) is 0 Å². The van der Waals surface area contributed by atoms with Crippen LogP contribution < -0.4 is 5.32 Å². The highest BCUT2D eigenvalue weighted by Crippen LogP contribution is 2.26. The van der Waals surface area contributed by atoms with Crippen LogP contribution in [0.3, 0.4) is 0 Å². The Morgan fingerprint density at radius 3 is 2.22 bits per heavy atom. The Bertz CT molecular complexity index is 262. The van der Waals surface area contributed by atoms with Crippen molar-refractivity contribution in [1.82, 2.24) is 10.2 Å². The molecule has 1 aliphatic rings. The van der Waals surface area contributed by atoms with E-state index in [1.807, 2.05) is 13.8 Å². The smallest absolute Gasteiger partial charge is 0.317 e. The zero-order valence-corrected chi connectivity index (χ0v) is 12.8. The normalized spacial score (nSPS) is 17.9. The first kappa shape index (κ1) is 15.3. The van der Waals surface area contributed by atoms with E-state index in [9.17, 15) is 4.79 Å². The molecular weight excluding hydrogens is 224 g/mol. The second-order valence-electron chi connectivity index (χ2n) is 7.08. The molecule has 0 heterocycles. The average molecular weight is 254 g/mol. The quantitative estimate of drug-likeness (QED) is 0.816. The summed E-state index contributed by atoms with van der Waals surface area (Å²) in [7, 11) is 0. The lowest BCUT2D eigenvalue weighted by atomic mass is 9.90. The molecule has 0 unspecified atom stereocenters. The summed E-state index contributed by atoms with van der Waals surface area (Å²) in [6.45, 7) is 11.5. The highest BCUT2D eigenvalue weighted by molar-refractivity contribution is 5.74. The van der Waals surface area contributed by atoms with Crippen molar-refractivity contribution in [1.29, 1.82) is 0 Å². The summed E-state index contributed by atoms with van der Waals surface area (Å²) in [5, 5.41) is 3.05. The van der Waals surface area contributed by atoms with Gasteiger partial charge in [-0.3, -0.25) is 0 Å². The van der Waals surface area contributed by atoms with E-state index < -0.39 is 0 Å². The van der Waals surface area contributed by atoms with Crippen LogP contribution in [-0.4, -0.2) is 29.6 Å². The largest absolute Gasteiger partial charge is 0.336 e. The monoisotopic (exact) mass is 254 g/mol. The van der Waals surface area contributed by atoms with Crippen LogP contribution in [0.5, 0.6) is 0 Å². The highest BCUT2D eigenvalue weighted by atomic mass is 16.2. The summed E-state index contributed by atoms with van der Waals surface area (Å²) >= 11 is 0. The number of carbonyl (C=O) groups excluding carboxylic acids is 1. The molecule has 0 aromatic rings. The molecule has 0 aromatic heterocycles. The number of hydrogen-bond acceptors (Lipinski definition) is 1. The number of carbonyl (C=O) groups is 1. The number of nitrogens with one attached hydrogen (secondary N) is 1. The molecule has 0 aromatic carbocycles. The maximum atomic E-state index is 12.3. The Kier molecular flexibility index (Phi) is 5.48. The van der Waals surface area contributed by atoms with Crippen LogP contribution in [-0.2, 0) is 0 Å². The lowest BCUT2D eigenvalue weighted by Gasteiger charge is -2.38. The van der Waals surface area contributed by atoms with Crippen molar-refractivity contribution in [3.63, 3.8) is 0 Å². The third-order valence-corrected chi connectivity index (χ3v) is 3.33. The average Bonchev–Trinajstić information content (AvgIpc) is 2.25. The second kappa shape index (κ2) is 6.44. The maximum absolute atomic E-state index is 12.3. The topological polar surface area (TPSA) is 32.3 Å². The van der Waals surface area contributed by atoms with Crippen LogP contribution in [0.4, 0.5) is 4.79 Å². The molecule has 106 valence electrons. The van der Waals surface area contributed by atoms with Gasteiger partial charge in [0.2, 0.25) is 0 Å². The third kappa shape index (κ3) is 5.28. The highest BCUT2D eigenvalue weighted by Gasteiger charge is 2.29. The van der Waals surface area contributed by atoms with Gasteiger partial charge in [-0.25, -0.2) is 4.79 Å². The number of hydrogen-bond donors (Lipinski definition) is 1. The summed E-state index contributed by atoms with van der Waals surface area (Å²) in [5.74, 6) is 0.